The van der Waals surface area contributed by atoms with Gasteiger partial charge in [-0.3, -0.25) is 4.79 Å². The van der Waals surface area contributed by atoms with Crippen molar-refractivity contribution in [2.75, 3.05) is 5.32 Å². The van der Waals surface area contributed by atoms with Crippen LogP contribution in [0.15, 0.2) is 30.3 Å². The van der Waals surface area contributed by atoms with Gasteiger partial charge in [-0.2, -0.15) is 0 Å². The second kappa shape index (κ2) is 4.44. The van der Waals surface area contributed by atoms with Crippen molar-refractivity contribution in [3.63, 3.8) is 0 Å². The molecule has 0 amide bonds. The van der Waals surface area contributed by atoms with Crippen LogP contribution in [0.1, 0.15) is 6.92 Å². The minimum absolute atomic E-state index is 0.203. The summed E-state index contributed by atoms with van der Waals surface area (Å²) < 4.78 is 0. The molecule has 0 saturated carbocycles. The number of hydrogen-bond donors (Lipinski definition) is 4. The number of phenols is 2. The number of phenolic OH excluding ortho intramolecular Hbond substituents is 2. The molecule has 94 valence electrons. The molecular weight excluding hydrogens is 234 g/mol. The van der Waals surface area contributed by atoms with E-state index in [1.54, 1.807) is 18.2 Å². The van der Waals surface area contributed by atoms with E-state index >= 15 is 0 Å². The average molecular weight is 247 g/mol. The Morgan fingerprint density at radius 2 is 1.89 bits per heavy atom. The molecule has 0 aromatic heterocycles. The number of carboxylic acids is 1. The Hall–Kier alpha value is -2.43. The molecule has 1 atom stereocenters. The number of carbonyl (C=O) groups is 1. The van der Waals surface area contributed by atoms with Crippen LogP contribution in [-0.2, 0) is 4.79 Å². The molecule has 0 aliphatic carbocycles. The van der Waals surface area contributed by atoms with E-state index in [1.807, 2.05) is 0 Å². The van der Waals surface area contributed by atoms with Gasteiger partial charge in [0.05, 0.1) is 0 Å². The van der Waals surface area contributed by atoms with Crippen LogP contribution in [0.4, 0.5) is 5.69 Å². The number of anilines is 1. The first-order valence-electron chi connectivity index (χ1n) is 5.43. The summed E-state index contributed by atoms with van der Waals surface area (Å²) in [5.74, 6) is -1.40. The van der Waals surface area contributed by atoms with Gasteiger partial charge < -0.3 is 20.6 Å². The lowest BCUT2D eigenvalue weighted by atomic mass is 10.1. The fourth-order valence-corrected chi connectivity index (χ4v) is 1.72. The summed E-state index contributed by atoms with van der Waals surface area (Å²) in [7, 11) is 0. The van der Waals surface area contributed by atoms with Gasteiger partial charge in [0.1, 0.15) is 6.04 Å². The van der Waals surface area contributed by atoms with E-state index in [9.17, 15) is 15.0 Å². The minimum atomic E-state index is -0.963. The van der Waals surface area contributed by atoms with Gasteiger partial charge in [0.25, 0.3) is 0 Å². The first kappa shape index (κ1) is 12.0. The lowest BCUT2D eigenvalue weighted by molar-refractivity contribution is -0.137. The highest BCUT2D eigenvalue weighted by Gasteiger charge is 2.12. The van der Waals surface area contributed by atoms with Gasteiger partial charge >= 0.3 is 5.97 Å². The zero-order chi connectivity index (χ0) is 13.3. The number of carboxylic acid groups (broad SMARTS) is 1. The number of benzene rings is 2. The van der Waals surface area contributed by atoms with E-state index in [2.05, 4.69) is 5.32 Å². The van der Waals surface area contributed by atoms with Crippen LogP contribution in [0.5, 0.6) is 11.5 Å². The summed E-state index contributed by atoms with van der Waals surface area (Å²) in [6.07, 6.45) is 0. The van der Waals surface area contributed by atoms with E-state index < -0.39 is 12.0 Å². The molecule has 0 bridgehead atoms. The molecule has 1 unspecified atom stereocenters. The van der Waals surface area contributed by atoms with Gasteiger partial charge in [0.15, 0.2) is 11.5 Å². The fraction of sp³-hybridized carbons (Fsp3) is 0.154. The molecule has 0 aliphatic heterocycles. The molecule has 2 aromatic rings. The third-order valence-electron chi connectivity index (χ3n) is 2.72. The number of hydrogen-bond acceptors (Lipinski definition) is 4. The second-order valence-corrected chi connectivity index (χ2v) is 4.07. The molecule has 2 rings (SSSR count). The van der Waals surface area contributed by atoms with Crippen LogP contribution < -0.4 is 5.32 Å². The first-order chi connectivity index (χ1) is 8.49. The summed E-state index contributed by atoms with van der Waals surface area (Å²) in [6.45, 7) is 1.53. The minimum Gasteiger partial charge on any atom is -0.504 e. The van der Waals surface area contributed by atoms with Crippen molar-refractivity contribution < 1.29 is 20.1 Å². The lowest BCUT2D eigenvalue weighted by Gasteiger charge is -2.13. The average Bonchev–Trinajstić information content (AvgIpc) is 2.31. The van der Waals surface area contributed by atoms with Gasteiger partial charge in [-0.1, -0.05) is 12.1 Å². The summed E-state index contributed by atoms with van der Waals surface area (Å²) in [5, 5.41) is 32.0. The van der Waals surface area contributed by atoms with E-state index in [0.717, 1.165) is 0 Å². The fourth-order valence-electron chi connectivity index (χ4n) is 1.72. The van der Waals surface area contributed by atoms with Crippen LogP contribution >= 0.6 is 0 Å². The zero-order valence-electron chi connectivity index (χ0n) is 9.71. The maximum atomic E-state index is 10.8. The Labute approximate surface area is 103 Å². The molecule has 0 heterocycles. The van der Waals surface area contributed by atoms with E-state index in [0.29, 0.717) is 16.5 Å². The summed E-state index contributed by atoms with van der Waals surface area (Å²) in [5.41, 5.74) is 0.595. The largest absolute Gasteiger partial charge is 0.504 e. The van der Waals surface area contributed by atoms with Crippen LogP contribution in [-0.4, -0.2) is 27.3 Å². The molecule has 0 fully saturated rings. The number of aromatic hydroxyl groups is 2. The number of rotatable bonds is 3. The van der Waals surface area contributed by atoms with Crippen molar-refractivity contribution >= 4 is 22.4 Å². The van der Waals surface area contributed by atoms with Gasteiger partial charge in [-0.05, 0) is 30.5 Å². The van der Waals surface area contributed by atoms with Crippen LogP contribution in [0, 0.1) is 0 Å². The Kier molecular flexibility index (Phi) is 2.97. The maximum absolute atomic E-state index is 10.8. The number of nitrogens with one attached hydrogen (secondary N) is 1. The van der Waals surface area contributed by atoms with Crippen molar-refractivity contribution in [1.82, 2.24) is 0 Å². The Morgan fingerprint density at radius 3 is 2.56 bits per heavy atom. The molecule has 0 radical (unpaired) electrons. The molecule has 18 heavy (non-hydrogen) atoms. The van der Waals surface area contributed by atoms with Gasteiger partial charge in [-0.25, -0.2) is 0 Å². The zero-order valence-corrected chi connectivity index (χ0v) is 9.71. The number of aliphatic carboxylic acids is 1. The normalized spacial score (nSPS) is 12.3. The molecule has 0 spiro atoms. The van der Waals surface area contributed by atoms with Gasteiger partial charge in [0, 0.05) is 11.1 Å². The highest BCUT2D eigenvalue weighted by molar-refractivity contribution is 5.97. The van der Waals surface area contributed by atoms with Crippen LogP contribution in [0.25, 0.3) is 10.8 Å². The highest BCUT2D eigenvalue weighted by atomic mass is 16.4. The van der Waals surface area contributed by atoms with Crippen molar-refractivity contribution in [3.05, 3.63) is 30.3 Å². The van der Waals surface area contributed by atoms with Crippen molar-refractivity contribution in [1.29, 1.82) is 0 Å². The van der Waals surface area contributed by atoms with Crippen LogP contribution in [0.3, 0.4) is 0 Å². The maximum Gasteiger partial charge on any atom is 0.325 e. The lowest BCUT2D eigenvalue weighted by Crippen LogP contribution is -2.25. The Bertz CT molecular complexity index is 609. The number of fused-ring (bicyclic) bond motifs is 1. The smallest absolute Gasteiger partial charge is 0.325 e. The summed E-state index contributed by atoms with van der Waals surface area (Å²) in [6, 6.07) is 7.33. The quantitative estimate of drug-likeness (QED) is 0.624. The van der Waals surface area contributed by atoms with Crippen molar-refractivity contribution in [2.45, 2.75) is 13.0 Å². The monoisotopic (exact) mass is 247 g/mol. The molecule has 0 aliphatic rings. The first-order valence-corrected chi connectivity index (χ1v) is 5.43. The molecular formula is C13H13NO4. The van der Waals surface area contributed by atoms with Crippen LogP contribution in [0.2, 0.25) is 0 Å². The van der Waals surface area contributed by atoms with E-state index in [4.69, 9.17) is 5.11 Å². The van der Waals surface area contributed by atoms with Crippen molar-refractivity contribution in [2.24, 2.45) is 0 Å². The van der Waals surface area contributed by atoms with E-state index in [1.165, 1.54) is 19.1 Å². The SMILES string of the molecule is CC(Nc1cccc2cc(O)c(O)cc12)C(=O)O. The topological polar surface area (TPSA) is 89.8 Å². The third kappa shape index (κ3) is 2.15. The predicted molar refractivity (Wildman–Crippen MR) is 68.0 cm³/mol. The molecule has 5 nitrogen and oxygen atoms in total. The Morgan fingerprint density at radius 1 is 1.22 bits per heavy atom. The van der Waals surface area contributed by atoms with Gasteiger partial charge in [0.2, 0.25) is 0 Å². The molecule has 5 heteroatoms. The summed E-state index contributed by atoms with van der Waals surface area (Å²) >= 11 is 0. The van der Waals surface area contributed by atoms with Crippen molar-refractivity contribution in [3.8, 4) is 11.5 Å². The standard InChI is InChI=1S/C13H13NO4/c1-7(13(17)18)14-10-4-2-3-8-5-11(15)12(16)6-9(8)10/h2-7,14-16H,1H3,(H,17,18). The van der Waals surface area contributed by atoms with E-state index in [-0.39, 0.29) is 11.5 Å². The predicted octanol–water partition coefficient (Wildman–Crippen LogP) is 2.14. The molecule has 0 saturated heterocycles. The molecule has 2 aromatic carbocycles. The summed E-state index contributed by atoms with van der Waals surface area (Å²) in [4.78, 5) is 10.8. The highest BCUT2D eigenvalue weighted by Crippen LogP contribution is 2.33. The Balaban J connectivity index is 2.51. The van der Waals surface area contributed by atoms with Gasteiger partial charge in [-0.15, -0.1) is 0 Å². The molecule has 4 N–H and O–H groups in total. The third-order valence-corrected chi connectivity index (χ3v) is 2.72. The second-order valence-electron chi connectivity index (χ2n) is 4.07.